The number of halogens is 1. The maximum atomic E-state index is 12.9. The highest BCUT2D eigenvalue weighted by Crippen LogP contribution is 2.36. The third-order valence-corrected chi connectivity index (χ3v) is 5.76. The zero-order chi connectivity index (χ0) is 22.3. The highest BCUT2D eigenvalue weighted by molar-refractivity contribution is 6.33. The van der Waals surface area contributed by atoms with Gasteiger partial charge in [-0.15, -0.1) is 0 Å². The summed E-state index contributed by atoms with van der Waals surface area (Å²) in [4.78, 5) is 39.3. The molecule has 0 aromatic heterocycles. The highest BCUT2D eigenvalue weighted by atomic mass is 35.5. The normalized spacial score (nSPS) is 17.9. The van der Waals surface area contributed by atoms with Gasteiger partial charge in [-0.25, -0.2) is 9.59 Å². The van der Waals surface area contributed by atoms with Gasteiger partial charge in [0.15, 0.2) is 0 Å². The summed E-state index contributed by atoms with van der Waals surface area (Å²) < 4.78 is 5.23. The largest absolute Gasteiger partial charge is 0.456 e. The highest BCUT2D eigenvalue weighted by Gasteiger charge is 2.43. The third kappa shape index (κ3) is 4.01. The number of hydrogen-bond donors (Lipinski definition) is 2. The number of anilines is 1. The Kier molecular flexibility index (Phi) is 5.45. The van der Waals surface area contributed by atoms with E-state index in [1.165, 1.54) is 4.90 Å². The number of nitrogens with zero attached hydrogens (tertiary/aromatic N) is 1. The quantitative estimate of drug-likeness (QED) is 0.709. The fourth-order valence-electron chi connectivity index (χ4n) is 3.84. The molecule has 3 amide bonds. The predicted molar refractivity (Wildman–Crippen MR) is 117 cm³/mol. The molecule has 2 aromatic rings. The number of esters is 1. The smallest absolute Gasteiger partial charge is 0.338 e. The Morgan fingerprint density at radius 3 is 2.61 bits per heavy atom. The van der Waals surface area contributed by atoms with Gasteiger partial charge < -0.3 is 15.4 Å². The Morgan fingerprint density at radius 1 is 1.16 bits per heavy atom. The number of rotatable bonds is 4. The zero-order valence-electron chi connectivity index (χ0n) is 17.4. The summed E-state index contributed by atoms with van der Waals surface area (Å²) in [5, 5.41) is 5.99. The number of ether oxygens (including phenoxy) is 1. The van der Waals surface area contributed by atoms with Crippen molar-refractivity contribution in [1.82, 2.24) is 10.2 Å². The van der Waals surface area contributed by atoms with Gasteiger partial charge in [-0.1, -0.05) is 41.4 Å². The molecule has 0 aliphatic carbocycles. The van der Waals surface area contributed by atoms with E-state index >= 15 is 0 Å². The van der Waals surface area contributed by atoms with Gasteiger partial charge in [0.1, 0.15) is 13.2 Å². The Morgan fingerprint density at radius 2 is 1.87 bits per heavy atom. The number of benzene rings is 2. The number of amides is 3. The molecule has 0 fully saturated rings. The van der Waals surface area contributed by atoms with Crippen molar-refractivity contribution in [2.75, 3.05) is 18.5 Å². The Bertz CT molecular complexity index is 1140. The molecular formula is C23H22ClN3O4. The lowest BCUT2D eigenvalue weighted by Crippen LogP contribution is -2.49. The molecule has 1 atom stereocenters. The molecule has 0 bridgehead atoms. The monoisotopic (exact) mass is 439 g/mol. The van der Waals surface area contributed by atoms with Gasteiger partial charge in [0.25, 0.3) is 0 Å². The molecule has 7 nitrogen and oxygen atoms in total. The average molecular weight is 440 g/mol. The van der Waals surface area contributed by atoms with Gasteiger partial charge in [-0.2, -0.15) is 0 Å². The number of urea groups is 1. The number of cyclic esters (lactones) is 1. The summed E-state index contributed by atoms with van der Waals surface area (Å²) in [5.74, 6) is -0.926. The van der Waals surface area contributed by atoms with Crippen LogP contribution >= 0.6 is 11.6 Å². The van der Waals surface area contributed by atoms with Crippen LogP contribution in [0.25, 0.3) is 0 Å². The fraction of sp³-hybridized carbons (Fsp3) is 0.261. The molecule has 4 rings (SSSR count). The molecule has 31 heavy (non-hydrogen) atoms. The second kappa shape index (κ2) is 8.07. The first-order valence-electron chi connectivity index (χ1n) is 9.86. The molecule has 0 saturated heterocycles. The van der Waals surface area contributed by atoms with Crippen LogP contribution in [0.4, 0.5) is 10.5 Å². The lowest BCUT2D eigenvalue weighted by Gasteiger charge is -2.33. The van der Waals surface area contributed by atoms with Crippen LogP contribution < -0.4 is 10.6 Å². The van der Waals surface area contributed by atoms with Crippen LogP contribution in [0.1, 0.15) is 28.3 Å². The SMILES string of the molecule is Cc1ccc(NC(=O)CN2C(=O)NC(c3cc(C)ccc3C)C3=C2COC3=O)c(Cl)c1. The van der Waals surface area contributed by atoms with Crippen LogP contribution in [0.2, 0.25) is 5.02 Å². The molecule has 0 radical (unpaired) electrons. The van der Waals surface area contributed by atoms with Crippen LogP contribution in [0.3, 0.4) is 0 Å². The molecule has 2 aromatic carbocycles. The van der Waals surface area contributed by atoms with E-state index in [-0.39, 0.29) is 13.2 Å². The van der Waals surface area contributed by atoms with E-state index in [9.17, 15) is 14.4 Å². The van der Waals surface area contributed by atoms with Crippen LogP contribution in [0, 0.1) is 20.8 Å². The van der Waals surface area contributed by atoms with E-state index in [1.807, 2.05) is 45.0 Å². The van der Waals surface area contributed by atoms with Crippen molar-refractivity contribution in [1.29, 1.82) is 0 Å². The molecule has 1 unspecified atom stereocenters. The topological polar surface area (TPSA) is 87.7 Å². The molecule has 0 spiro atoms. The van der Waals surface area contributed by atoms with E-state index in [0.717, 1.165) is 22.3 Å². The number of carbonyl (C=O) groups is 3. The van der Waals surface area contributed by atoms with Crippen molar-refractivity contribution in [3.63, 3.8) is 0 Å². The number of carbonyl (C=O) groups excluding carboxylic acids is 3. The van der Waals surface area contributed by atoms with Crippen molar-refractivity contribution in [2.24, 2.45) is 0 Å². The average Bonchev–Trinajstić information content (AvgIpc) is 3.10. The molecular weight excluding hydrogens is 418 g/mol. The van der Waals surface area contributed by atoms with E-state index < -0.39 is 23.9 Å². The number of hydrogen-bond acceptors (Lipinski definition) is 4. The van der Waals surface area contributed by atoms with E-state index in [2.05, 4.69) is 10.6 Å². The van der Waals surface area contributed by atoms with Crippen molar-refractivity contribution < 1.29 is 19.1 Å². The van der Waals surface area contributed by atoms with Crippen molar-refractivity contribution in [2.45, 2.75) is 26.8 Å². The minimum Gasteiger partial charge on any atom is -0.456 e. The van der Waals surface area contributed by atoms with Crippen molar-refractivity contribution >= 4 is 35.2 Å². The summed E-state index contributed by atoms with van der Waals surface area (Å²) in [5.41, 5.74) is 4.97. The van der Waals surface area contributed by atoms with E-state index in [4.69, 9.17) is 16.3 Å². The molecule has 0 saturated carbocycles. The van der Waals surface area contributed by atoms with Gasteiger partial charge >= 0.3 is 12.0 Å². The van der Waals surface area contributed by atoms with Crippen molar-refractivity contribution in [3.8, 4) is 0 Å². The van der Waals surface area contributed by atoms with Gasteiger partial charge in [0.2, 0.25) is 5.91 Å². The standard InChI is InChI=1S/C23H22ClN3O4/c1-12-4-6-14(3)15(8-12)21-20-18(11-31-22(20)29)27(23(30)26-21)10-19(28)25-17-7-5-13(2)9-16(17)24/h4-9,21H,10-11H2,1-3H3,(H,25,28)(H,26,30). The lowest BCUT2D eigenvalue weighted by molar-refractivity contribution is -0.136. The predicted octanol–water partition coefficient (Wildman–Crippen LogP) is 3.78. The fourth-order valence-corrected chi connectivity index (χ4v) is 4.12. The molecule has 8 heteroatoms. The zero-order valence-corrected chi connectivity index (χ0v) is 18.2. The molecule has 160 valence electrons. The Hall–Kier alpha value is -3.32. The number of nitrogens with one attached hydrogen (secondary N) is 2. The minimum absolute atomic E-state index is 0.0540. The molecule has 2 heterocycles. The summed E-state index contributed by atoms with van der Waals surface area (Å²) >= 11 is 6.19. The maximum absolute atomic E-state index is 12.9. The summed E-state index contributed by atoms with van der Waals surface area (Å²) in [6, 6.07) is 10.0. The van der Waals surface area contributed by atoms with E-state index in [1.54, 1.807) is 12.1 Å². The molecule has 2 aliphatic rings. The third-order valence-electron chi connectivity index (χ3n) is 5.44. The van der Waals surface area contributed by atoms with Gasteiger partial charge in [0.05, 0.1) is 28.0 Å². The molecule has 2 N–H and O–H groups in total. The Balaban J connectivity index is 1.62. The second-order valence-corrected chi connectivity index (χ2v) is 8.20. The Labute approximate surface area is 185 Å². The second-order valence-electron chi connectivity index (χ2n) is 7.80. The van der Waals surface area contributed by atoms with Crippen LogP contribution in [-0.2, 0) is 14.3 Å². The summed E-state index contributed by atoms with van der Waals surface area (Å²) in [6.07, 6.45) is 0. The van der Waals surface area contributed by atoms with E-state index in [0.29, 0.717) is 22.0 Å². The van der Waals surface area contributed by atoms with Gasteiger partial charge in [-0.3, -0.25) is 9.69 Å². The molecule has 2 aliphatic heterocycles. The van der Waals surface area contributed by atoms with Crippen molar-refractivity contribution in [3.05, 3.63) is 74.9 Å². The first-order valence-corrected chi connectivity index (χ1v) is 10.2. The van der Waals surface area contributed by atoms with Crippen LogP contribution in [0.15, 0.2) is 47.7 Å². The lowest BCUT2D eigenvalue weighted by atomic mass is 9.91. The van der Waals surface area contributed by atoms with Gasteiger partial charge in [-0.05, 0) is 49.6 Å². The maximum Gasteiger partial charge on any atom is 0.338 e. The first kappa shape index (κ1) is 20.9. The summed E-state index contributed by atoms with van der Waals surface area (Å²) in [7, 11) is 0. The van der Waals surface area contributed by atoms with Gasteiger partial charge in [0, 0.05) is 0 Å². The first-order chi connectivity index (χ1) is 14.7. The summed E-state index contributed by atoms with van der Waals surface area (Å²) in [6.45, 7) is 5.44. The van der Waals surface area contributed by atoms with Crippen LogP contribution in [-0.4, -0.2) is 36.0 Å². The minimum atomic E-state index is -0.622. The van der Waals surface area contributed by atoms with Crippen LogP contribution in [0.5, 0.6) is 0 Å². The number of aryl methyl sites for hydroxylation is 3.